The average Bonchev–Trinajstić information content (AvgIpc) is 2.54. The van der Waals surface area contributed by atoms with Crippen LogP contribution in [0, 0.1) is 22.0 Å². The highest BCUT2D eigenvalue weighted by atomic mass is 16.6. The first kappa shape index (κ1) is 17.7. The molecule has 0 saturated carbocycles. The van der Waals surface area contributed by atoms with E-state index in [0.29, 0.717) is 13.0 Å². The molecular formula is C16H20N2O6. The third kappa shape index (κ3) is 3.81. The van der Waals surface area contributed by atoms with E-state index in [-0.39, 0.29) is 36.1 Å². The molecule has 1 aromatic rings. The summed E-state index contributed by atoms with van der Waals surface area (Å²) < 4.78 is 5.20. The number of carbonyl (C=O) groups excluding carboxylic acids is 1. The van der Waals surface area contributed by atoms with E-state index in [0.717, 1.165) is 0 Å². The molecule has 0 aromatic heterocycles. The van der Waals surface area contributed by atoms with Gasteiger partial charge < -0.3 is 14.7 Å². The van der Waals surface area contributed by atoms with Crippen molar-refractivity contribution in [3.05, 3.63) is 33.9 Å². The number of hydrogen-bond acceptors (Lipinski definition) is 5. The monoisotopic (exact) mass is 336 g/mol. The van der Waals surface area contributed by atoms with Crippen molar-refractivity contribution >= 4 is 17.6 Å². The zero-order valence-corrected chi connectivity index (χ0v) is 13.6. The Morgan fingerprint density at radius 1 is 1.42 bits per heavy atom. The number of aliphatic carboxylic acids is 1. The van der Waals surface area contributed by atoms with Crippen LogP contribution in [-0.2, 0) is 4.79 Å². The zero-order chi connectivity index (χ0) is 17.9. The number of nitro groups is 1. The summed E-state index contributed by atoms with van der Waals surface area (Å²) in [7, 11) is 0. The predicted molar refractivity (Wildman–Crippen MR) is 85.1 cm³/mol. The second-order valence-corrected chi connectivity index (χ2v) is 5.96. The number of nitrogens with zero attached hydrogens (tertiary/aromatic N) is 2. The second-order valence-electron chi connectivity index (χ2n) is 5.96. The summed E-state index contributed by atoms with van der Waals surface area (Å²) in [5.74, 6) is -1.79. The van der Waals surface area contributed by atoms with Gasteiger partial charge >= 0.3 is 11.7 Å². The zero-order valence-electron chi connectivity index (χ0n) is 13.6. The first-order valence-corrected chi connectivity index (χ1v) is 7.76. The van der Waals surface area contributed by atoms with Gasteiger partial charge in [0.2, 0.25) is 0 Å². The van der Waals surface area contributed by atoms with E-state index < -0.39 is 22.7 Å². The first-order valence-electron chi connectivity index (χ1n) is 7.76. The maximum absolute atomic E-state index is 12.6. The molecule has 2 unspecified atom stereocenters. The molecule has 2 atom stereocenters. The van der Waals surface area contributed by atoms with Gasteiger partial charge in [0.1, 0.15) is 0 Å². The van der Waals surface area contributed by atoms with Crippen molar-refractivity contribution in [2.75, 3.05) is 19.7 Å². The summed E-state index contributed by atoms with van der Waals surface area (Å²) in [6.45, 7) is 4.42. The van der Waals surface area contributed by atoms with Crippen LogP contribution in [0.15, 0.2) is 18.2 Å². The summed E-state index contributed by atoms with van der Waals surface area (Å²) in [6, 6.07) is 4.05. The molecule has 0 spiro atoms. The number of benzene rings is 1. The Morgan fingerprint density at radius 2 is 2.12 bits per heavy atom. The number of carbonyl (C=O) groups is 2. The standard InChI is InChI=1S/C16H20N2O6/c1-3-24-14-5-4-11(7-13(14)18(22)23)15(19)17-8-10(2)6-12(9-17)16(20)21/h4-5,7,10,12H,3,6,8-9H2,1-2H3,(H,20,21). The Morgan fingerprint density at radius 3 is 2.71 bits per heavy atom. The molecule has 2 rings (SSSR count). The van der Waals surface area contributed by atoms with Gasteiger partial charge in [-0.15, -0.1) is 0 Å². The minimum Gasteiger partial charge on any atom is -0.487 e. The highest BCUT2D eigenvalue weighted by Gasteiger charge is 2.33. The van der Waals surface area contributed by atoms with Crippen molar-refractivity contribution in [1.29, 1.82) is 0 Å². The smallest absolute Gasteiger partial charge is 0.311 e. The number of piperidine rings is 1. The van der Waals surface area contributed by atoms with Gasteiger partial charge in [-0.1, -0.05) is 6.92 Å². The molecule has 1 aromatic carbocycles. The van der Waals surface area contributed by atoms with E-state index >= 15 is 0 Å². The van der Waals surface area contributed by atoms with Gasteiger partial charge in [0, 0.05) is 24.7 Å². The Hall–Kier alpha value is -2.64. The highest BCUT2D eigenvalue weighted by molar-refractivity contribution is 5.95. The summed E-state index contributed by atoms with van der Waals surface area (Å²) in [4.78, 5) is 35.9. The number of hydrogen-bond donors (Lipinski definition) is 1. The van der Waals surface area contributed by atoms with Crippen molar-refractivity contribution in [3.8, 4) is 5.75 Å². The Labute approximate surface area is 139 Å². The summed E-state index contributed by atoms with van der Waals surface area (Å²) >= 11 is 0. The molecule has 130 valence electrons. The lowest BCUT2D eigenvalue weighted by Gasteiger charge is -2.34. The lowest BCUT2D eigenvalue weighted by molar-refractivity contribution is -0.385. The van der Waals surface area contributed by atoms with E-state index in [2.05, 4.69) is 0 Å². The lowest BCUT2D eigenvalue weighted by atomic mass is 9.90. The minimum atomic E-state index is -0.933. The number of carboxylic acids is 1. The first-order chi connectivity index (χ1) is 11.3. The van der Waals surface area contributed by atoms with E-state index in [1.165, 1.54) is 23.1 Å². The topological polar surface area (TPSA) is 110 Å². The molecule has 1 aliphatic rings. The van der Waals surface area contributed by atoms with Crippen LogP contribution in [0.1, 0.15) is 30.6 Å². The van der Waals surface area contributed by atoms with Crippen LogP contribution in [-0.4, -0.2) is 46.5 Å². The second kappa shape index (κ2) is 7.29. The van der Waals surface area contributed by atoms with Crippen LogP contribution in [0.3, 0.4) is 0 Å². The van der Waals surface area contributed by atoms with Crippen molar-refractivity contribution in [3.63, 3.8) is 0 Å². The van der Waals surface area contributed by atoms with Gasteiger partial charge in [-0.05, 0) is 31.4 Å². The average molecular weight is 336 g/mol. The van der Waals surface area contributed by atoms with Crippen LogP contribution in [0.4, 0.5) is 5.69 Å². The largest absolute Gasteiger partial charge is 0.487 e. The Kier molecular flexibility index (Phi) is 5.38. The van der Waals surface area contributed by atoms with Crippen molar-refractivity contribution in [2.24, 2.45) is 11.8 Å². The summed E-state index contributed by atoms with van der Waals surface area (Å²) in [6.07, 6.45) is 0.516. The molecule has 24 heavy (non-hydrogen) atoms. The number of rotatable bonds is 5. The fourth-order valence-electron chi connectivity index (χ4n) is 2.95. The maximum Gasteiger partial charge on any atom is 0.311 e. The van der Waals surface area contributed by atoms with Crippen LogP contribution >= 0.6 is 0 Å². The quantitative estimate of drug-likeness (QED) is 0.652. The molecule has 8 heteroatoms. The van der Waals surface area contributed by atoms with Crippen molar-refractivity contribution in [1.82, 2.24) is 4.90 Å². The maximum atomic E-state index is 12.6. The van der Waals surface area contributed by atoms with Gasteiger partial charge in [0.25, 0.3) is 5.91 Å². The SMILES string of the molecule is CCOc1ccc(C(=O)N2CC(C)CC(C(=O)O)C2)cc1[N+](=O)[O-]. The molecule has 1 N–H and O–H groups in total. The van der Waals surface area contributed by atoms with Gasteiger partial charge in [0.15, 0.2) is 5.75 Å². The van der Waals surface area contributed by atoms with Crippen LogP contribution in [0.5, 0.6) is 5.75 Å². The van der Waals surface area contributed by atoms with Crippen molar-refractivity contribution in [2.45, 2.75) is 20.3 Å². The predicted octanol–water partition coefficient (Wildman–Crippen LogP) is 2.18. The van der Waals surface area contributed by atoms with E-state index in [1.54, 1.807) is 6.92 Å². The summed E-state index contributed by atoms with van der Waals surface area (Å²) in [5, 5.41) is 20.4. The summed E-state index contributed by atoms with van der Waals surface area (Å²) in [5.41, 5.74) is -0.120. The van der Waals surface area contributed by atoms with Crippen LogP contribution in [0.2, 0.25) is 0 Å². The molecule has 1 heterocycles. The lowest BCUT2D eigenvalue weighted by Crippen LogP contribution is -2.45. The molecule has 1 amide bonds. The van der Waals surface area contributed by atoms with Crippen LogP contribution in [0.25, 0.3) is 0 Å². The molecule has 1 aliphatic heterocycles. The van der Waals surface area contributed by atoms with E-state index in [1.807, 2.05) is 6.92 Å². The number of ether oxygens (including phenoxy) is 1. The third-order valence-corrected chi connectivity index (χ3v) is 4.00. The Balaban J connectivity index is 2.27. The van der Waals surface area contributed by atoms with Gasteiger partial charge in [0.05, 0.1) is 17.4 Å². The number of likely N-dealkylation sites (tertiary alicyclic amines) is 1. The minimum absolute atomic E-state index is 0.0569. The van der Waals surface area contributed by atoms with E-state index in [9.17, 15) is 24.8 Å². The molecule has 1 saturated heterocycles. The molecule has 0 aliphatic carbocycles. The molecule has 0 radical (unpaired) electrons. The van der Waals surface area contributed by atoms with Gasteiger partial charge in [-0.2, -0.15) is 0 Å². The molecule has 8 nitrogen and oxygen atoms in total. The van der Waals surface area contributed by atoms with E-state index in [4.69, 9.17) is 4.74 Å². The number of amides is 1. The fourth-order valence-corrected chi connectivity index (χ4v) is 2.95. The normalized spacial score (nSPS) is 20.5. The number of nitro benzene ring substituents is 1. The number of carboxylic acid groups (broad SMARTS) is 1. The fraction of sp³-hybridized carbons (Fsp3) is 0.500. The van der Waals surface area contributed by atoms with Gasteiger partial charge in [-0.25, -0.2) is 0 Å². The van der Waals surface area contributed by atoms with Crippen LogP contribution < -0.4 is 4.74 Å². The highest BCUT2D eigenvalue weighted by Crippen LogP contribution is 2.30. The van der Waals surface area contributed by atoms with Gasteiger partial charge in [-0.3, -0.25) is 19.7 Å². The van der Waals surface area contributed by atoms with Crippen molar-refractivity contribution < 1.29 is 24.4 Å². The third-order valence-electron chi connectivity index (χ3n) is 4.00. The molecular weight excluding hydrogens is 316 g/mol. The molecule has 1 fully saturated rings. The Bertz CT molecular complexity index is 660. The molecule has 0 bridgehead atoms.